The summed E-state index contributed by atoms with van der Waals surface area (Å²) in [5.74, 6) is -5.62. The highest BCUT2D eigenvalue weighted by Crippen LogP contribution is 2.30. The van der Waals surface area contributed by atoms with Crippen LogP contribution in [0.1, 0.15) is 35.4 Å². The van der Waals surface area contributed by atoms with Gasteiger partial charge in [0, 0.05) is 32.1 Å². The van der Waals surface area contributed by atoms with Gasteiger partial charge in [-0.3, -0.25) is 10.1 Å². The van der Waals surface area contributed by atoms with Crippen LogP contribution in [0, 0.1) is 23.4 Å². The van der Waals surface area contributed by atoms with Gasteiger partial charge in [0.25, 0.3) is 0 Å². The Morgan fingerprint density at radius 1 is 1.03 bits per heavy atom. The largest absolute Gasteiger partial charge is 0.451 e. The van der Waals surface area contributed by atoms with E-state index in [9.17, 15) is 31.1 Å². The molecule has 0 aliphatic carbocycles. The molecule has 1 amide bonds. The van der Waals surface area contributed by atoms with Crippen LogP contribution in [0.2, 0.25) is 0 Å². The molecule has 2 aromatic carbocycles. The molecule has 0 radical (unpaired) electrons. The number of nitrogens with two attached hydrogens (primary N) is 1. The van der Waals surface area contributed by atoms with Crippen LogP contribution in [-0.2, 0) is 30.5 Å². The van der Waals surface area contributed by atoms with E-state index < -0.39 is 47.4 Å². The van der Waals surface area contributed by atoms with Crippen molar-refractivity contribution in [3.63, 3.8) is 0 Å². The van der Waals surface area contributed by atoms with E-state index in [0.717, 1.165) is 16.2 Å². The fourth-order valence-corrected chi connectivity index (χ4v) is 4.28. The topological polar surface area (TPSA) is 89.1 Å². The zero-order chi connectivity index (χ0) is 26.7. The zero-order valence-electron chi connectivity index (χ0n) is 19.5. The summed E-state index contributed by atoms with van der Waals surface area (Å²) in [4.78, 5) is 14.4. The fourth-order valence-electron chi connectivity index (χ4n) is 4.28. The lowest BCUT2D eigenvalue weighted by molar-refractivity contribution is -0.148. The second kappa shape index (κ2) is 10.9. The van der Waals surface area contributed by atoms with Gasteiger partial charge in [-0.25, -0.2) is 13.2 Å². The van der Waals surface area contributed by atoms with Crippen molar-refractivity contribution in [1.29, 1.82) is 0 Å². The van der Waals surface area contributed by atoms with E-state index in [0.29, 0.717) is 6.07 Å². The average Bonchev–Trinajstić information content (AvgIpc) is 3.30. The van der Waals surface area contributed by atoms with Crippen LogP contribution in [0.5, 0.6) is 0 Å². The van der Waals surface area contributed by atoms with E-state index in [-0.39, 0.29) is 50.4 Å². The number of fused-ring (bicyclic) bond motifs is 1. The molecule has 3 aromatic rings. The lowest BCUT2D eigenvalue weighted by Gasteiger charge is -2.30. The van der Waals surface area contributed by atoms with E-state index in [4.69, 9.17) is 5.73 Å². The van der Waals surface area contributed by atoms with Crippen molar-refractivity contribution in [3.05, 3.63) is 82.7 Å². The van der Waals surface area contributed by atoms with Crippen LogP contribution in [0.3, 0.4) is 0 Å². The number of hydrogen-bond acceptors (Lipinski definition) is 5. The first-order valence-electron chi connectivity index (χ1n) is 11.5. The molecule has 2 atom stereocenters. The highest BCUT2D eigenvalue weighted by atomic mass is 19.4. The lowest BCUT2D eigenvalue weighted by Crippen LogP contribution is -2.41. The maximum atomic E-state index is 14.4. The molecule has 4 rings (SSSR count). The van der Waals surface area contributed by atoms with Crippen molar-refractivity contribution < 1.29 is 31.1 Å². The third-order valence-electron chi connectivity index (χ3n) is 6.21. The van der Waals surface area contributed by atoms with Gasteiger partial charge in [-0.1, -0.05) is 30.3 Å². The first-order chi connectivity index (χ1) is 17.5. The molecule has 1 aliphatic rings. The number of carbonyl (C=O) groups excluding carboxylic acids is 1. The molecule has 1 aliphatic heterocycles. The number of benzene rings is 2. The minimum absolute atomic E-state index is 0.000602. The number of nitrogens with one attached hydrogen (secondary N) is 1. The Bertz CT molecular complexity index is 1250. The highest BCUT2D eigenvalue weighted by Gasteiger charge is 2.40. The number of hydrogen-bond donors (Lipinski definition) is 2. The molecule has 0 saturated heterocycles. The van der Waals surface area contributed by atoms with Gasteiger partial charge in [-0.05, 0) is 29.5 Å². The quantitative estimate of drug-likeness (QED) is 0.266. The zero-order valence-corrected chi connectivity index (χ0v) is 19.5. The smallest absolute Gasteiger partial charge is 0.333 e. The van der Waals surface area contributed by atoms with Crippen LogP contribution >= 0.6 is 0 Å². The molecule has 2 heterocycles. The van der Waals surface area contributed by atoms with E-state index >= 15 is 0 Å². The number of halogens is 6. The molecule has 37 heavy (non-hydrogen) atoms. The van der Waals surface area contributed by atoms with Crippen molar-refractivity contribution in [2.24, 2.45) is 11.7 Å². The summed E-state index contributed by atoms with van der Waals surface area (Å²) in [7, 11) is 0. The second-order valence-electron chi connectivity index (χ2n) is 8.83. The third-order valence-corrected chi connectivity index (χ3v) is 6.21. The lowest BCUT2D eigenvalue weighted by atomic mass is 9.94. The van der Waals surface area contributed by atoms with Crippen molar-refractivity contribution >= 4 is 5.91 Å². The number of amides is 1. The van der Waals surface area contributed by atoms with Crippen molar-refractivity contribution in [1.82, 2.24) is 25.0 Å². The Labute approximate surface area is 208 Å². The first-order valence-corrected chi connectivity index (χ1v) is 11.5. The van der Waals surface area contributed by atoms with Crippen LogP contribution in [0.4, 0.5) is 26.3 Å². The molecule has 0 bridgehead atoms. The summed E-state index contributed by atoms with van der Waals surface area (Å²) in [5.41, 5.74) is 6.83. The molecule has 0 fully saturated rings. The Balaban J connectivity index is 1.48. The second-order valence-corrected chi connectivity index (χ2v) is 8.83. The molecule has 1 aromatic heterocycles. The van der Waals surface area contributed by atoms with Crippen molar-refractivity contribution in [2.45, 2.75) is 38.3 Å². The summed E-state index contributed by atoms with van der Waals surface area (Å²) < 4.78 is 81.8. The molecule has 1 unspecified atom stereocenters. The maximum absolute atomic E-state index is 14.4. The van der Waals surface area contributed by atoms with Gasteiger partial charge >= 0.3 is 6.18 Å². The number of carbonyl (C=O) groups is 1. The van der Waals surface area contributed by atoms with Gasteiger partial charge in [-0.15, -0.1) is 10.2 Å². The van der Waals surface area contributed by atoms with E-state index in [1.54, 1.807) is 24.3 Å². The van der Waals surface area contributed by atoms with E-state index in [1.165, 1.54) is 4.90 Å². The van der Waals surface area contributed by atoms with Crippen LogP contribution in [0.25, 0.3) is 0 Å². The monoisotopic (exact) mass is 526 g/mol. The van der Waals surface area contributed by atoms with Gasteiger partial charge in [0.15, 0.2) is 17.5 Å². The minimum atomic E-state index is -4.67. The molecule has 13 heteroatoms. The van der Waals surface area contributed by atoms with Crippen molar-refractivity contribution in [3.8, 4) is 0 Å². The van der Waals surface area contributed by atoms with Gasteiger partial charge in [-0.2, -0.15) is 13.2 Å². The number of alkyl halides is 3. The highest BCUT2D eigenvalue weighted by molar-refractivity contribution is 5.76. The van der Waals surface area contributed by atoms with Gasteiger partial charge in [0.05, 0.1) is 12.7 Å². The van der Waals surface area contributed by atoms with Gasteiger partial charge in [0.1, 0.15) is 5.82 Å². The summed E-state index contributed by atoms with van der Waals surface area (Å²) in [6, 6.07) is 10.2. The Morgan fingerprint density at radius 3 is 2.43 bits per heavy atom. The van der Waals surface area contributed by atoms with Crippen LogP contribution in [-0.4, -0.2) is 38.7 Å². The predicted octanol–water partition coefficient (Wildman–Crippen LogP) is 3.55. The summed E-state index contributed by atoms with van der Waals surface area (Å²) >= 11 is 0. The normalized spacial score (nSPS) is 15.4. The molecule has 3 N–H and O–H groups in total. The molecule has 0 spiro atoms. The maximum Gasteiger partial charge on any atom is 0.451 e. The summed E-state index contributed by atoms with van der Waals surface area (Å²) in [6.07, 6.45) is -5.53. The van der Waals surface area contributed by atoms with E-state index in [2.05, 4.69) is 15.5 Å². The SMILES string of the molecule is N[C@H](NCC(CC(=O)N1CCn2c(nnc2C(F)(F)F)C1)Cc1cc(F)c(F)cc1F)c1ccccc1. The number of rotatable bonds is 8. The first kappa shape index (κ1) is 26.6. The average molecular weight is 526 g/mol. The Morgan fingerprint density at radius 2 is 1.73 bits per heavy atom. The van der Waals surface area contributed by atoms with Gasteiger partial charge in [0.2, 0.25) is 11.7 Å². The third kappa shape index (κ3) is 6.28. The fraction of sp³-hybridized carbons (Fsp3) is 0.375. The van der Waals surface area contributed by atoms with Crippen LogP contribution < -0.4 is 11.1 Å². The van der Waals surface area contributed by atoms with E-state index in [1.807, 2.05) is 6.07 Å². The molecule has 198 valence electrons. The summed E-state index contributed by atoms with van der Waals surface area (Å²) in [5, 5.41) is 9.84. The van der Waals surface area contributed by atoms with Gasteiger partial charge < -0.3 is 15.2 Å². The standard InChI is InChI=1S/C24H24F6N6O/c25-17-11-19(27)18(26)10-16(17)8-14(12-32-22(31)15-4-2-1-3-5-15)9-21(37)35-6-7-36-20(13-35)33-34-23(36)24(28,29)30/h1-5,10-11,14,22,32H,6-9,12-13,31H2/t14?,22-/m1/s1. The minimum Gasteiger partial charge on any atom is -0.333 e. The Kier molecular flexibility index (Phi) is 7.83. The Hall–Kier alpha value is -3.45. The predicted molar refractivity (Wildman–Crippen MR) is 120 cm³/mol. The molecule has 0 saturated carbocycles. The molecular weight excluding hydrogens is 502 g/mol. The molecule has 7 nitrogen and oxygen atoms in total. The van der Waals surface area contributed by atoms with Crippen LogP contribution in [0.15, 0.2) is 42.5 Å². The number of aromatic nitrogens is 3. The van der Waals surface area contributed by atoms with Crippen molar-refractivity contribution in [2.75, 3.05) is 13.1 Å². The summed E-state index contributed by atoms with van der Waals surface area (Å²) in [6.45, 7) is -0.188. The molecular formula is C24H24F6N6O. The number of nitrogens with zero attached hydrogens (tertiary/aromatic N) is 4.